The zero-order chi connectivity index (χ0) is 25.8. The maximum atomic E-state index is 11.5. The van der Waals surface area contributed by atoms with Crippen molar-refractivity contribution in [1.29, 1.82) is 0 Å². The fourth-order valence-corrected chi connectivity index (χ4v) is 5.21. The van der Waals surface area contributed by atoms with Gasteiger partial charge in [-0.25, -0.2) is 4.98 Å². The summed E-state index contributed by atoms with van der Waals surface area (Å²) in [5, 5.41) is 13.6. The first-order valence-electron chi connectivity index (χ1n) is 12.3. The monoisotopic (exact) mass is 541 g/mol. The highest BCUT2D eigenvalue weighted by Crippen LogP contribution is 2.36. The van der Waals surface area contributed by atoms with E-state index >= 15 is 0 Å². The van der Waals surface area contributed by atoms with Crippen molar-refractivity contribution in [2.75, 3.05) is 0 Å². The van der Waals surface area contributed by atoms with E-state index in [9.17, 15) is 5.11 Å². The van der Waals surface area contributed by atoms with Gasteiger partial charge in [-0.15, -0.1) is 0 Å². The van der Waals surface area contributed by atoms with Crippen LogP contribution in [-0.2, 0) is 10.8 Å². The van der Waals surface area contributed by atoms with Crippen LogP contribution in [0.15, 0.2) is 77.7 Å². The lowest BCUT2D eigenvalue weighted by Crippen LogP contribution is -2.12. The number of hydrogen-bond donors (Lipinski definition) is 1. The molecule has 0 spiro atoms. The number of rotatable bonds is 3. The second kappa shape index (κ2) is 8.82. The summed E-state index contributed by atoms with van der Waals surface area (Å²) in [5.74, 6) is 0.859. The zero-order valence-electron chi connectivity index (χ0n) is 21.7. The topological polar surface area (TPSA) is 50.9 Å². The van der Waals surface area contributed by atoms with E-state index in [0.717, 1.165) is 43.2 Å². The standard InChI is InChI=1S/C31H32BrN3O/c1-30(2,3)21-9-12-34-28(17-21)35-26-10-11-33-18-25(26)24-8-7-19(15-27(24)35)29(36)20-13-22(31(4,5)6)16-23(32)14-20/h7-18,29,36H,1-6H3. The van der Waals surface area contributed by atoms with Crippen molar-refractivity contribution in [3.63, 3.8) is 0 Å². The molecule has 4 nitrogen and oxygen atoms in total. The predicted molar refractivity (Wildman–Crippen MR) is 152 cm³/mol. The fourth-order valence-electron chi connectivity index (χ4n) is 4.70. The number of aromatic nitrogens is 3. The van der Waals surface area contributed by atoms with Crippen LogP contribution in [0.1, 0.15) is 69.9 Å². The molecule has 3 heterocycles. The highest BCUT2D eigenvalue weighted by Gasteiger charge is 2.21. The first-order valence-corrected chi connectivity index (χ1v) is 13.1. The third-order valence-corrected chi connectivity index (χ3v) is 7.31. The van der Waals surface area contributed by atoms with Gasteiger partial charge in [0.25, 0.3) is 0 Å². The average molecular weight is 543 g/mol. The number of aliphatic hydroxyl groups excluding tert-OH is 1. The van der Waals surface area contributed by atoms with E-state index < -0.39 is 6.10 Å². The first kappa shape index (κ1) is 24.7. The number of halogens is 1. The summed E-state index contributed by atoms with van der Waals surface area (Å²) in [4.78, 5) is 9.14. The van der Waals surface area contributed by atoms with E-state index in [1.807, 2.05) is 36.8 Å². The number of pyridine rings is 2. The minimum absolute atomic E-state index is 0.00478. The Morgan fingerprint density at radius 3 is 2.22 bits per heavy atom. The second-order valence-corrected chi connectivity index (χ2v) is 12.5. The number of nitrogens with zero attached hydrogens (tertiary/aromatic N) is 3. The van der Waals surface area contributed by atoms with E-state index in [1.54, 1.807) is 0 Å². The van der Waals surface area contributed by atoms with E-state index in [0.29, 0.717) is 0 Å². The van der Waals surface area contributed by atoms with Gasteiger partial charge in [-0.3, -0.25) is 9.55 Å². The number of aliphatic hydroxyl groups is 1. The SMILES string of the molecule is CC(C)(C)c1cc(Br)cc(C(O)c2ccc3c4cnccc4n(-c4cc(C(C)(C)C)ccn4)c3c2)c1. The Morgan fingerprint density at radius 2 is 1.50 bits per heavy atom. The Morgan fingerprint density at radius 1 is 0.750 bits per heavy atom. The molecule has 3 aromatic heterocycles. The highest BCUT2D eigenvalue weighted by atomic mass is 79.9. The Balaban J connectivity index is 1.71. The molecule has 0 radical (unpaired) electrons. The van der Waals surface area contributed by atoms with Crippen LogP contribution < -0.4 is 0 Å². The molecule has 5 aromatic rings. The van der Waals surface area contributed by atoms with Gasteiger partial charge in [-0.1, -0.05) is 75.7 Å². The maximum Gasteiger partial charge on any atom is 0.137 e. The number of fused-ring (bicyclic) bond motifs is 3. The molecular formula is C31H32BrN3O. The summed E-state index contributed by atoms with van der Waals surface area (Å²) < 4.78 is 3.15. The summed E-state index contributed by atoms with van der Waals surface area (Å²) in [6, 6.07) is 18.7. The van der Waals surface area contributed by atoms with E-state index in [4.69, 9.17) is 4.98 Å². The van der Waals surface area contributed by atoms with Crippen molar-refractivity contribution in [3.8, 4) is 5.82 Å². The Hall–Kier alpha value is -3.02. The van der Waals surface area contributed by atoms with Gasteiger partial charge in [0.05, 0.1) is 11.0 Å². The summed E-state index contributed by atoms with van der Waals surface area (Å²) in [5.41, 5.74) is 6.12. The van der Waals surface area contributed by atoms with Crippen molar-refractivity contribution >= 4 is 37.7 Å². The minimum Gasteiger partial charge on any atom is -0.384 e. The van der Waals surface area contributed by atoms with Crippen LogP contribution in [-0.4, -0.2) is 19.6 Å². The smallest absolute Gasteiger partial charge is 0.137 e. The Bertz CT molecular complexity index is 1590. The normalized spacial score (nSPS) is 13.4. The molecule has 1 N–H and O–H groups in total. The van der Waals surface area contributed by atoms with Gasteiger partial charge in [0.2, 0.25) is 0 Å². The van der Waals surface area contributed by atoms with Crippen LogP contribution in [0.2, 0.25) is 0 Å². The summed E-state index contributed by atoms with van der Waals surface area (Å²) in [6.45, 7) is 13.2. The molecule has 0 aliphatic carbocycles. The molecule has 0 saturated heterocycles. The molecule has 36 heavy (non-hydrogen) atoms. The molecule has 0 saturated carbocycles. The largest absolute Gasteiger partial charge is 0.384 e. The number of hydrogen-bond acceptors (Lipinski definition) is 3. The van der Waals surface area contributed by atoms with Crippen LogP contribution >= 0.6 is 15.9 Å². The van der Waals surface area contributed by atoms with Gasteiger partial charge < -0.3 is 5.11 Å². The Kier molecular flexibility index (Phi) is 6.05. The number of benzene rings is 2. The lowest BCUT2D eigenvalue weighted by Gasteiger charge is -2.22. The van der Waals surface area contributed by atoms with Crippen LogP contribution in [0, 0.1) is 0 Å². The van der Waals surface area contributed by atoms with Crippen molar-refractivity contribution in [3.05, 3.63) is 99.9 Å². The van der Waals surface area contributed by atoms with Gasteiger partial charge in [-0.2, -0.15) is 0 Å². The van der Waals surface area contributed by atoms with Crippen LogP contribution in [0.5, 0.6) is 0 Å². The quantitative estimate of drug-likeness (QED) is 0.251. The summed E-state index contributed by atoms with van der Waals surface area (Å²) in [7, 11) is 0. The molecule has 1 unspecified atom stereocenters. The molecule has 5 rings (SSSR count). The Labute approximate surface area is 221 Å². The molecule has 5 heteroatoms. The van der Waals surface area contributed by atoms with Crippen molar-refractivity contribution in [1.82, 2.24) is 14.5 Å². The van der Waals surface area contributed by atoms with Gasteiger partial charge >= 0.3 is 0 Å². The summed E-state index contributed by atoms with van der Waals surface area (Å²) in [6.07, 6.45) is 4.84. The first-order chi connectivity index (χ1) is 16.9. The van der Waals surface area contributed by atoms with E-state index in [2.05, 4.69) is 103 Å². The summed E-state index contributed by atoms with van der Waals surface area (Å²) >= 11 is 3.64. The molecule has 0 fully saturated rings. The molecular weight excluding hydrogens is 510 g/mol. The molecule has 0 amide bonds. The molecule has 184 valence electrons. The second-order valence-electron chi connectivity index (χ2n) is 11.6. The molecule has 0 bridgehead atoms. The van der Waals surface area contributed by atoms with Crippen LogP contribution in [0.3, 0.4) is 0 Å². The molecule has 0 aliphatic rings. The fraction of sp³-hybridized carbons (Fsp3) is 0.290. The van der Waals surface area contributed by atoms with Crippen molar-refractivity contribution in [2.45, 2.75) is 58.5 Å². The van der Waals surface area contributed by atoms with E-state index in [1.165, 1.54) is 11.1 Å². The van der Waals surface area contributed by atoms with Gasteiger partial charge in [0.15, 0.2) is 0 Å². The maximum absolute atomic E-state index is 11.5. The zero-order valence-corrected chi connectivity index (χ0v) is 23.3. The van der Waals surface area contributed by atoms with Crippen LogP contribution in [0.4, 0.5) is 0 Å². The van der Waals surface area contributed by atoms with Crippen molar-refractivity contribution < 1.29 is 5.11 Å². The molecule has 1 atom stereocenters. The van der Waals surface area contributed by atoms with Crippen LogP contribution in [0.25, 0.3) is 27.6 Å². The molecule has 0 aliphatic heterocycles. The van der Waals surface area contributed by atoms with Gasteiger partial charge in [0, 0.05) is 33.8 Å². The van der Waals surface area contributed by atoms with Crippen molar-refractivity contribution in [2.24, 2.45) is 0 Å². The van der Waals surface area contributed by atoms with Gasteiger partial charge in [-0.05, 0) is 69.5 Å². The van der Waals surface area contributed by atoms with E-state index in [-0.39, 0.29) is 10.8 Å². The third-order valence-electron chi connectivity index (χ3n) is 6.85. The highest BCUT2D eigenvalue weighted by molar-refractivity contribution is 9.10. The molecule has 2 aromatic carbocycles. The predicted octanol–water partition coefficient (Wildman–Crippen LogP) is 8.01. The lowest BCUT2D eigenvalue weighted by atomic mass is 9.85. The third kappa shape index (κ3) is 4.46. The lowest BCUT2D eigenvalue weighted by molar-refractivity contribution is 0.220. The van der Waals surface area contributed by atoms with Gasteiger partial charge in [0.1, 0.15) is 11.9 Å². The minimum atomic E-state index is -0.758. The average Bonchev–Trinajstić information content (AvgIpc) is 3.16.